The molecule has 0 aliphatic carbocycles. The van der Waals surface area contributed by atoms with Crippen molar-refractivity contribution in [3.05, 3.63) is 38.8 Å². The molecule has 0 saturated heterocycles. The average molecular weight is 317 g/mol. The fraction of sp³-hybridized carbons (Fsp3) is 0.167. The van der Waals surface area contributed by atoms with E-state index in [0.29, 0.717) is 20.9 Å². The number of thiazole rings is 1. The smallest absolute Gasteiger partial charge is 0.357 e. The lowest BCUT2D eigenvalue weighted by Gasteiger charge is -2.09. The summed E-state index contributed by atoms with van der Waals surface area (Å²) >= 11 is 13.5. The molecule has 19 heavy (non-hydrogen) atoms. The summed E-state index contributed by atoms with van der Waals surface area (Å²) in [6, 6.07) is 3.58. The van der Waals surface area contributed by atoms with E-state index in [0.717, 1.165) is 5.56 Å². The first-order chi connectivity index (χ1) is 9.02. The molecule has 1 N–H and O–H groups in total. The fourth-order valence-electron chi connectivity index (χ4n) is 1.41. The third-order valence-corrected chi connectivity index (χ3v) is 3.97. The monoisotopic (exact) mass is 316 g/mol. The van der Waals surface area contributed by atoms with Gasteiger partial charge in [0.2, 0.25) is 0 Å². The third-order valence-electron chi connectivity index (χ3n) is 2.41. The van der Waals surface area contributed by atoms with Gasteiger partial charge in [-0.05, 0) is 18.6 Å². The molecule has 0 saturated carbocycles. The van der Waals surface area contributed by atoms with Gasteiger partial charge in [-0.25, -0.2) is 9.78 Å². The zero-order valence-electron chi connectivity index (χ0n) is 10.2. The van der Waals surface area contributed by atoms with Gasteiger partial charge in [0.15, 0.2) is 10.8 Å². The van der Waals surface area contributed by atoms with Gasteiger partial charge in [0, 0.05) is 5.38 Å². The minimum atomic E-state index is -0.481. The largest absolute Gasteiger partial charge is 0.464 e. The van der Waals surface area contributed by atoms with Crippen LogP contribution in [-0.4, -0.2) is 18.1 Å². The van der Waals surface area contributed by atoms with Crippen molar-refractivity contribution in [1.29, 1.82) is 0 Å². The number of ether oxygens (including phenoxy) is 1. The van der Waals surface area contributed by atoms with Crippen LogP contribution in [0.3, 0.4) is 0 Å². The van der Waals surface area contributed by atoms with Crippen LogP contribution in [0.15, 0.2) is 17.5 Å². The van der Waals surface area contributed by atoms with Crippen LogP contribution in [0.5, 0.6) is 0 Å². The molecule has 0 amide bonds. The van der Waals surface area contributed by atoms with Crippen LogP contribution in [0.2, 0.25) is 10.0 Å². The number of halogens is 2. The van der Waals surface area contributed by atoms with E-state index in [2.05, 4.69) is 15.0 Å². The normalized spacial score (nSPS) is 10.3. The summed E-state index contributed by atoms with van der Waals surface area (Å²) in [5, 5.41) is 6.16. The molecular weight excluding hydrogens is 307 g/mol. The Bertz CT molecular complexity index is 628. The van der Waals surface area contributed by atoms with Crippen LogP contribution in [0.4, 0.5) is 10.8 Å². The first-order valence-corrected chi connectivity index (χ1v) is 6.92. The van der Waals surface area contributed by atoms with Crippen molar-refractivity contribution in [3.63, 3.8) is 0 Å². The molecule has 0 atom stereocenters. The topological polar surface area (TPSA) is 51.2 Å². The number of carbonyl (C=O) groups excluding carboxylic acids is 1. The number of benzene rings is 1. The fourth-order valence-corrected chi connectivity index (χ4v) is 2.56. The number of nitrogens with zero attached hydrogens (tertiary/aromatic N) is 1. The molecule has 0 unspecified atom stereocenters. The van der Waals surface area contributed by atoms with E-state index in [-0.39, 0.29) is 5.69 Å². The minimum Gasteiger partial charge on any atom is -0.464 e. The second-order valence-corrected chi connectivity index (χ2v) is 5.35. The lowest BCUT2D eigenvalue weighted by atomic mass is 10.2. The quantitative estimate of drug-likeness (QED) is 0.858. The predicted octanol–water partition coefficient (Wildman–Crippen LogP) is 4.29. The molecule has 0 aliphatic heterocycles. The summed E-state index contributed by atoms with van der Waals surface area (Å²) in [6.45, 7) is 1.88. The molecule has 0 bridgehead atoms. The Morgan fingerprint density at radius 3 is 2.84 bits per heavy atom. The van der Waals surface area contributed by atoms with Crippen molar-refractivity contribution in [2.24, 2.45) is 0 Å². The zero-order chi connectivity index (χ0) is 14.0. The van der Waals surface area contributed by atoms with Crippen LogP contribution in [0, 0.1) is 6.92 Å². The standard InChI is InChI=1S/C12H10Cl2N2O2S/c1-6-3-4-7(13)10(9(6)14)16-12-15-8(5-19-12)11(17)18-2/h3-5H,1-2H3,(H,15,16). The number of hydrogen-bond donors (Lipinski definition) is 1. The molecule has 0 spiro atoms. The van der Waals surface area contributed by atoms with Crippen molar-refractivity contribution in [1.82, 2.24) is 4.98 Å². The van der Waals surface area contributed by atoms with Crippen LogP contribution < -0.4 is 5.32 Å². The number of methoxy groups -OCH3 is 1. The van der Waals surface area contributed by atoms with Gasteiger partial charge < -0.3 is 10.1 Å². The zero-order valence-corrected chi connectivity index (χ0v) is 12.5. The number of anilines is 2. The van der Waals surface area contributed by atoms with Gasteiger partial charge in [0.05, 0.1) is 22.8 Å². The van der Waals surface area contributed by atoms with Crippen LogP contribution in [0.25, 0.3) is 0 Å². The minimum absolute atomic E-state index is 0.245. The first kappa shape index (κ1) is 14.1. The summed E-state index contributed by atoms with van der Waals surface area (Å²) in [6.07, 6.45) is 0. The summed E-state index contributed by atoms with van der Waals surface area (Å²) in [5.74, 6) is -0.481. The second-order valence-electron chi connectivity index (χ2n) is 3.71. The Labute approximate surface area is 124 Å². The van der Waals surface area contributed by atoms with Crippen molar-refractivity contribution in [2.75, 3.05) is 12.4 Å². The lowest BCUT2D eigenvalue weighted by Crippen LogP contribution is -2.01. The van der Waals surface area contributed by atoms with Gasteiger partial charge in [-0.2, -0.15) is 0 Å². The van der Waals surface area contributed by atoms with Crippen molar-refractivity contribution < 1.29 is 9.53 Å². The maximum atomic E-state index is 11.3. The van der Waals surface area contributed by atoms with E-state index in [4.69, 9.17) is 23.2 Å². The van der Waals surface area contributed by atoms with Crippen LogP contribution >= 0.6 is 34.5 Å². The number of aromatic nitrogens is 1. The highest BCUT2D eigenvalue weighted by molar-refractivity contribution is 7.14. The van der Waals surface area contributed by atoms with Crippen molar-refractivity contribution in [2.45, 2.75) is 6.92 Å². The highest BCUT2D eigenvalue weighted by Gasteiger charge is 2.13. The van der Waals surface area contributed by atoms with Gasteiger partial charge in [-0.15, -0.1) is 11.3 Å². The van der Waals surface area contributed by atoms with Crippen molar-refractivity contribution in [3.8, 4) is 0 Å². The molecule has 100 valence electrons. The summed E-state index contributed by atoms with van der Waals surface area (Å²) in [5.41, 5.74) is 1.72. The Hall–Kier alpha value is -1.30. The Kier molecular flexibility index (Phi) is 4.29. The van der Waals surface area contributed by atoms with E-state index in [9.17, 15) is 4.79 Å². The predicted molar refractivity (Wildman–Crippen MR) is 77.9 cm³/mol. The molecule has 2 aromatic rings. The molecule has 7 heteroatoms. The van der Waals surface area contributed by atoms with E-state index in [1.165, 1.54) is 18.4 Å². The number of hydrogen-bond acceptors (Lipinski definition) is 5. The van der Waals surface area contributed by atoms with E-state index in [1.807, 2.05) is 13.0 Å². The maximum Gasteiger partial charge on any atom is 0.357 e. The van der Waals surface area contributed by atoms with Gasteiger partial charge in [0.1, 0.15) is 0 Å². The first-order valence-electron chi connectivity index (χ1n) is 5.28. The van der Waals surface area contributed by atoms with E-state index in [1.54, 1.807) is 11.4 Å². The van der Waals surface area contributed by atoms with E-state index < -0.39 is 5.97 Å². The maximum absolute atomic E-state index is 11.3. The number of rotatable bonds is 3. The SMILES string of the molecule is COC(=O)c1csc(Nc2c(Cl)ccc(C)c2Cl)n1. The Morgan fingerprint density at radius 1 is 1.42 bits per heavy atom. The third kappa shape index (κ3) is 3.00. The number of carbonyl (C=O) groups is 1. The number of nitrogens with one attached hydrogen (secondary N) is 1. The van der Waals surface area contributed by atoms with Crippen molar-refractivity contribution >= 4 is 51.3 Å². The highest BCUT2D eigenvalue weighted by Crippen LogP contribution is 2.35. The van der Waals surface area contributed by atoms with Gasteiger partial charge in [0.25, 0.3) is 0 Å². The van der Waals surface area contributed by atoms with Crippen LogP contribution in [0.1, 0.15) is 16.1 Å². The highest BCUT2D eigenvalue weighted by atomic mass is 35.5. The van der Waals surface area contributed by atoms with Gasteiger partial charge in [-0.3, -0.25) is 0 Å². The van der Waals surface area contributed by atoms with Gasteiger partial charge >= 0.3 is 5.97 Å². The molecule has 0 fully saturated rings. The molecule has 2 rings (SSSR count). The summed E-state index contributed by atoms with van der Waals surface area (Å²) < 4.78 is 4.59. The average Bonchev–Trinajstić information content (AvgIpc) is 2.87. The Balaban J connectivity index is 2.29. The molecule has 1 heterocycles. The van der Waals surface area contributed by atoms with E-state index >= 15 is 0 Å². The Morgan fingerprint density at radius 2 is 2.16 bits per heavy atom. The molecule has 1 aromatic carbocycles. The second kappa shape index (κ2) is 5.77. The molecule has 4 nitrogen and oxygen atoms in total. The molecule has 0 aliphatic rings. The summed E-state index contributed by atoms with van der Waals surface area (Å²) in [4.78, 5) is 15.4. The van der Waals surface area contributed by atoms with Gasteiger partial charge in [-0.1, -0.05) is 29.3 Å². The molecule has 0 radical (unpaired) electrons. The molecule has 1 aromatic heterocycles. The summed E-state index contributed by atoms with van der Waals surface area (Å²) in [7, 11) is 1.31. The van der Waals surface area contributed by atoms with Crippen LogP contribution in [-0.2, 0) is 4.74 Å². The number of esters is 1. The number of aryl methyl sites for hydroxylation is 1. The lowest BCUT2D eigenvalue weighted by molar-refractivity contribution is 0.0595. The molecular formula is C12H10Cl2N2O2S.